The summed E-state index contributed by atoms with van der Waals surface area (Å²) in [6.45, 7) is 1.77. The van der Waals surface area contributed by atoms with E-state index in [1.807, 2.05) is 12.1 Å². The van der Waals surface area contributed by atoms with Crippen LogP contribution in [0.25, 0.3) is 11.1 Å². The molecule has 0 radical (unpaired) electrons. The molecule has 2 aromatic carbocycles. The fourth-order valence-corrected chi connectivity index (χ4v) is 3.77. The lowest BCUT2D eigenvalue weighted by Crippen LogP contribution is -2.43. The van der Waals surface area contributed by atoms with Crippen molar-refractivity contribution in [3.8, 4) is 11.1 Å². The number of benzene rings is 2. The van der Waals surface area contributed by atoms with E-state index in [-0.39, 0.29) is 30.5 Å². The van der Waals surface area contributed by atoms with Gasteiger partial charge in [0.15, 0.2) is 0 Å². The van der Waals surface area contributed by atoms with Crippen molar-refractivity contribution >= 4 is 18.5 Å². The quantitative estimate of drug-likeness (QED) is 0.888. The number of hydrogen-bond donors (Lipinski definition) is 1. The van der Waals surface area contributed by atoms with Gasteiger partial charge in [0.2, 0.25) is 0 Å². The SMILES string of the molecule is Cl.NC1CCN(C(=O)OCC2c3ccccc3-c3ccccc32)CC1. The molecule has 25 heavy (non-hydrogen) atoms. The Labute approximate surface area is 154 Å². The lowest BCUT2D eigenvalue weighted by atomic mass is 9.98. The first-order valence-electron chi connectivity index (χ1n) is 8.59. The summed E-state index contributed by atoms with van der Waals surface area (Å²) < 4.78 is 5.66. The third-order valence-electron chi connectivity index (χ3n) is 5.13. The summed E-state index contributed by atoms with van der Waals surface area (Å²) in [5, 5.41) is 0. The van der Waals surface area contributed by atoms with Gasteiger partial charge in [-0.3, -0.25) is 0 Å². The van der Waals surface area contributed by atoms with E-state index in [2.05, 4.69) is 36.4 Å². The van der Waals surface area contributed by atoms with E-state index >= 15 is 0 Å². The molecule has 0 unspecified atom stereocenters. The van der Waals surface area contributed by atoms with Gasteiger partial charge in [-0.2, -0.15) is 0 Å². The van der Waals surface area contributed by atoms with Gasteiger partial charge in [-0.25, -0.2) is 4.79 Å². The number of halogens is 1. The highest BCUT2D eigenvalue weighted by Crippen LogP contribution is 2.44. The fraction of sp³-hybridized carbons (Fsp3) is 0.350. The van der Waals surface area contributed by atoms with Crippen molar-refractivity contribution < 1.29 is 9.53 Å². The molecule has 1 saturated heterocycles. The molecule has 1 amide bonds. The number of hydrogen-bond acceptors (Lipinski definition) is 3. The van der Waals surface area contributed by atoms with E-state index < -0.39 is 0 Å². The third-order valence-corrected chi connectivity index (χ3v) is 5.13. The number of nitrogens with zero attached hydrogens (tertiary/aromatic N) is 1. The number of carbonyl (C=O) groups is 1. The number of likely N-dealkylation sites (tertiary alicyclic amines) is 1. The largest absolute Gasteiger partial charge is 0.448 e. The average Bonchev–Trinajstić information content (AvgIpc) is 2.94. The lowest BCUT2D eigenvalue weighted by Gasteiger charge is -2.29. The molecule has 1 fully saturated rings. The van der Waals surface area contributed by atoms with Crippen LogP contribution in [-0.2, 0) is 4.74 Å². The molecule has 1 aliphatic carbocycles. The topological polar surface area (TPSA) is 55.6 Å². The first-order valence-corrected chi connectivity index (χ1v) is 8.59. The van der Waals surface area contributed by atoms with Crippen LogP contribution in [0.2, 0.25) is 0 Å². The van der Waals surface area contributed by atoms with Crippen LogP contribution in [0.5, 0.6) is 0 Å². The van der Waals surface area contributed by atoms with E-state index in [0.29, 0.717) is 19.7 Å². The normalized spacial score (nSPS) is 16.8. The summed E-state index contributed by atoms with van der Waals surface area (Å²) in [4.78, 5) is 14.1. The minimum absolute atomic E-state index is 0. The lowest BCUT2D eigenvalue weighted by molar-refractivity contribution is 0.0907. The zero-order chi connectivity index (χ0) is 16.5. The van der Waals surface area contributed by atoms with Gasteiger partial charge in [0.1, 0.15) is 6.61 Å². The molecule has 2 aliphatic rings. The number of rotatable bonds is 2. The monoisotopic (exact) mass is 358 g/mol. The predicted molar refractivity (Wildman–Crippen MR) is 101 cm³/mol. The van der Waals surface area contributed by atoms with Crippen LogP contribution in [0.3, 0.4) is 0 Å². The fourth-order valence-electron chi connectivity index (χ4n) is 3.77. The molecule has 1 heterocycles. The van der Waals surface area contributed by atoms with Gasteiger partial charge in [-0.15, -0.1) is 12.4 Å². The molecule has 0 saturated carbocycles. The van der Waals surface area contributed by atoms with Gasteiger partial charge in [0.05, 0.1) is 0 Å². The smallest absolute Gasteiger partial charge is 0.409 e. The standard InChI is InChI=1S/C20H22N2O2.ClH/c21-14-9-11-22(12-10-14)20(23)24-13-19-17-7-3-1-5-15(17)16-6-2-4-8-18(16)19;/h1-8,14,19H,9-13,21H2;1H. The number of fused-ring (bicyclic) bond motifs is 3. The molecule has 132 valence electrons. The Kier molecular flexibility index (Phi) is 5.30. The molecule has 5 heteroatoms. The van der Waals surface area contributed by atoms with Crippen LogP contribution < -0.4 is 5.73 Å². The van der Waals surface area contributed by atoms with Gasteiger partial charge < -0.3 is 15.4 Å². The van der Waals surface area contributed by atoms with Crippen molar-refractivity contribution in [3.05, 3.63) is 59.7 Å². The summed E-state index contributed by atoms with van der Waals surface area (Å²) in [6, 6.07) is 17.0. The highest BCUT2D eigenvalue weighted by atomic mass is 35.5. The molecule has 0 spiro atoms. The molecule has 0 aromatic heterocycles. The number of carbonyl (C=O) groups excluding carboxylic acids is 1. The van der Waals surface area contributed by atoms with Crippen LogP contribution in [0.1, 0.15) is 29.9 Å². The van der Waals surface area contributed by atoms with E-state index in [9.17, 15) is 4.79 Å². The molecular formula is C20H23ClN2O2. The van der Waals surface area contributed by atoms with Crippen molar-refractivity contribution in [3.63, 3.8) is 0 Å². The Hall–Kier alpha value is -2.04. The zero-order valence-electron chi connectivity index (χ0n) is 14.1. The minimum Gasteiger partial charge on any atom is -0.448 e. The van der Waals surface area contributed by atoms with Crippen molar-refractivity contribution in [2.24, 2.45) is 5.73 Å². The minimum atomic E-state index is -0.219. The molecule has 4 nitrogen and oxygen atoms in total. The first kappa shape index (κ1) is 17.8. The first-order chi connectivity index (χ1) is 11.7. The summed E-state index contributed by atoms with van der Waals surface area (Å²) in [6.07, 6.45) is 1.48. The van der Waals surface area contributed by atoms with Gasteiger partial charge >= 0.3 is 6.09 Å². The molecule has 1 aliphatic heterocycles. The second-order valence-electron chi connectivity index (χ2n) is 6.63. The van der Waals surface area contributed by atoms with Crippen molar-refractivity contribution in [2.75, 3.05) is 19.7 Å². The Morgan fingerprint density at radius 2 is 1.52 bits per heavy atom. The van der Waals surface area contributed by atoms with Gasteiger partial charge in [-0.05, 0) is 35.1 Å². The number of ether oxygens (including phenoxy) is 1. The predicted octanol–water partition coefficient (Wildman–Crippen LogP) is 3.78. The van der Waals surface area contributed by atoms with Crippen LogP contribution in [0.4, 0.5) is 4.79 Å². The number of nitrogens with two attached hydrogens (primary N) is 1. The second-order valence-corrected chi connectivity index (χ2v) is 6.63. The molecule has 4 rings (SSSR count). The zero-order valence-corrected chi connectivity index (χ0v) is 14.9. The molecular weight excluding hydrogens is 336 g/mol. The van der Waals surface area contributed by atoms with Gasteiger partial charge in [0.25, 0.3) is 0 Å². The Balaban J connectivity index is 0.00000182. The second kappa shape index (κ2) is 7.46. The van der Waals surface area contributed by atoms with Gasteiger partial charge in [0, 0.05) is 25.0 Å². The van der Waals surface area contributed by atoms with E-state index in [4.69, 9.17) is 10.5 Å². The van der Waals surface area contributed by atoms with Crippen LogP contribution in [-0.4, -0.2) is 36.7 Å². The molecule has 2 N–H and O–H groups in total. The van der Waals surface area contributed by atoms with Crippen LogP contribution in [0.15, 0.2) is 48.5 Å². The maximum atomic E-state index is 12.3. The van der Waals surface area contributed by atoms with Gasteiger partial charge in [-0.1, -0.05) is 48.5 Å². The maximum absolute atomic E-state index is 12.3. The number of amides is 1. The van der Waals surface area contributed by atoms with Crippen LogP contribution >= 0.6 is 12.4 Å². The Bertz CT molecular complexity index is 711. The van der Waals surface area contributed by atoms with E-state index in [0.717, 1.165) is 12.8 Å². The maximum Gasteiger partial charge on any atom is 0.409 e. The summed E-state index contributed by atoms with van der Waals surface area (Å²) in [5.74, 6) is 0.119. The molecule has 0 atom stereocenters. The Morgan fingerprint density at radius 1 is 1.00 bits per heavy atom. The highest BCUT2D eigenvalue weighted by molar-refractivity contribution is 5.85. The molecule has 2 aromatic rings. The Morgan fingerprint density at radius 3 is 2.08 bits per heavy atom. The van der Waals surface area contributed by atoms with Crippen molar-refractivity contribution in [1.82, 2.24) is 4.90 Å². The molecule has 0 bridgehead atoms. The van der Waals surface area contributed by atoms with E-state index in [1.54, 1.807) is 4.90 Å². The number of piperidine rings is 1. The summed E-state index contributed by atoms with van der Waals surface area (Å²) >= 11 is 0. The van der Waals surface area contributed by atoms with Crippen LogP contribution in [0, 0.1) is 0 Å². The summed E-state index contributed by atoms with van der Waals surface area (Å²) in [5.41, 5.74) is 10.9. The third kappa shape index (κ3) is 3.37. The van der Waals surface area contributed by atoms with Crippen molar-refractivity contribution in [1.29, 1.82) is 0 Å². The highest BCUT2D eigenvalue weighted by Gasteiger charge is 2.30. The van der Waals surface area contributed by atoms with E-state index in [1.165, 1.54) is 22.3 Å². The summed E-state index contributed by atoms with van der Waals surface area (Å²) in [7, 11) is 0. The average molecular weight is 359 g/mol. The van der Waals surface area contributed by atoms with Crippen molar-refractivity contribution in [2.45, 2.75) is 24.8 Å².